The highest BCUT2D eigenvalue weighted by atomic mass is 16.5. The molecule has 1 aromatic heterocycles. The molecule has 2 nitrogen and oxygen atoms in total. The molecule has 0 N–H and O–H groups in total. The fourth-order valence-electron chi connectivity index (χ4n) is 2.02. The van der Waals surface area contributed by atoms with Gasteiger partial charge in [0.2, 0.25) is 0 Å². The van der Waals surface area contributed by atoms with E-state index in [0.717, 1.165) is 11.3 Å². The first-order chi connectivity index (χ1) is 9.92. The lowest BCUT2D eigenvalue weighted by atomic mass is 10.1. The number of hydrogen-bond donors (Lipinski definition) is 0. The van der Waals surface area contributed by atoms with E-state index >= 15 is 0 Å². The standard InChI is InChI=1S/C18H15NO/c1-2-6-16(7-3-1)17-8-10-18(11-9-17)20-14-15-5-4-12-19-13-15/h1-13H,14H2. The maximum absolute atomic E-state index is 5.74. The molecular formula is C18H15NO. The van der Waals surface area contributed by atoms with Crippen LogP contribution in [0.4, 0.5) is 0 Å². The topological polar surface area (TPSA) is 22.1 Å². The van der Waals surface area contributed by atoms with Crippen molar-refractivity contribution >= 4 is 0 Å². The molecule has 0 aliphatic carbocycles. The monoisotopic (exact) mass is 261 g/mol. The maximum atomic E-state index is 5.74. The largest absolute Gasteiger partial charge is 0.489 e. The van der Waals surface area contributed by atoms with Crippen LogP contribution in [0.25, 0.3) is 11.1 Å². The van der Waals surface area contributed by atoms with Gasteiger partial charge in [-0.15, -0.1) is 0 Å². The summed E-state index contributed by atoms with van der Waals surface area (Å²) in [5.41, 5.74) is 3.48. The molecule has 0 saturated carbocycles. The van der Waals surface area contributed by atoms with Gasteiger partial charge in [0.05, 0.1) is 0 Å². The number of aromatic nitrogens is 1. The molecule has 0 fully saturated rings. The molecule has 3 rings (SSSR count). The van der Waals surface area contributed by atoms with Crippen molar-refractivity contribution in [2.75, 3.05) is 0 Å². The highest BCUT2D eigenvalue weighted by Crippen LogP contribution is 2.22. The first-order valence-electron chi connectivity index (χ1n) is 6.59. The molecule has 0 saturated heterocycles. The molecule has 2 aromatic carbocycles. The third-order valence-electron chi connectivity index (χ3n) is 3.09. The van der Waals surface area contributed by atoms with Crippen LogP contribution in [0.2, 0.25) is 0 Å². The van der Waals surface area contributed by atoms with Crippen LogP contribution in [0, 0.1) is 0 Å². The van der Waals surface area contributed by atoms with E-state index in [1.807, 2.05) is 48.7 Å². The van der Waals surface area contributed by atoms with Crippen LogP contribution in [0.3, 0.4) is 0 Å². The van der Waals surface area contributed by atoms with Gasteiger partial charge >= 0.3 is 0 Å². The lowest BCUT2D eigenvalue weighted by molar-refractivity contribution is 0.306. The van der Waals surface area contributed by atoms with Gasteiger partial charge in [-0.05, 0) is 29.3 Å². The maximum Gasteiger partial charge on any atom is 0.119 e. The quantitative estimate of drug-likeness (QED) is 0.697. The fourth-order valence-corrected chi connectivity index (χ4v) is 2.02. The van der Waals surface area contributed by atoms with Crippen LogP contribution >= 0.6 is 0 Å². The molecule has 0 aliphatic rings. The first-order valence-corrected chi connectivity index (χ1v) is 6.59. The second-order valence-electron chi connectivity index (χ2n) is 4.54. The molecule has 0 spiro atoms. The van der Waals surface area contributed by atoms with Crippen LogP contribution in [0.15, 0.2) is 79.1 Å². The Labute approximate surface area is 118 Å². The average Bonchev–Trinajstić information content (AvgIpc) is 2.55. The third kappa shape index (κ3) is 3.04. The Kier molecular flexibility index (Phi) is 3.74. The minimum atomic E-state index is 0.540. The summed E-state index contributed by atoms with van der Waals surface area (Å²) in [5, 5.41) is 0. The summed E-state index contributed by atoms with van der Waals surface area (Å²) in [6, 6.07) is 22.4. The Hall–Kier alpha value is -2.61. The lowest BCUT2D eigenvalue weighted by Crippen LogP contribution is -1.95. The molecule has 0 aliphatic heterocycles. The molecule has 0 amide bonds. The van der Waals surface area contributed by atoms with Crippen molar-refractivity contribution in [3.63, 3.8) is 0 Å². The van der Waals surface area contributed by atoms with Crippen molar-refractivity contribution in [1.29, 1.82) is 0 Å². The Morgan fingerprint density at radius 1 is 0.750 bits per heavy atom. The van der Waals surface area contributed by atoms with Gasteiger partial charge in [0, 0.05) is 18.0 Å². The predicted molar refractivity (Wildman–Crippen MR) is 80.4 cm³/mol. The van der Waals surface area contributed by atoms with E-state index in [-0.39, 0.29) is 0 Å². The number of pyridine rings is 1. The molecule has 20 heavy (non-hydrogen) atoms. The van der Waals surface area contributed by atoms with Crippen LogP contribution in [-0.4, -0.2) is 4.98 Å². The summed E-state index contributed by atoms with van der Waals surface area (Å²) in [6.45, 7) is 0.540. The second kappa shape index (κ2) is 6.02. The summed E-state index contributed by atoms with van der Waals surface area (Å²) >= 11 is 0. The van der Waals surface area contributed by atoms with Crippen molar-refractivity contribution in [2.45, 2.75) is 6.61 Å². The SMILES string of the molecule is c1ccc(-c2ccc(OCc3cccnc3)cc2)cc1. The van der Waals surface area contributed by atoms with Gasteiger partial charge in [-0.25, -0.2) is 0 Å². The first kappa shape index (κ1) is 12.4. The molecule has 98 valence electrons. The normalized spacial score (nSPS) is 10.2. The Balaban J connectivity index is 1.68. The predicted octanol–water partition coefficient (Wildman–Crippen LogP) is 4.33. The van der Waals surface area contributed by atoms with E-state index in [9.17, 15) is 0 Å². The van der Waals surface area contributed by atoms with Crippen molar-refractivity contribution in [1.82, 2.24) is 4.98 Å². The Bertz CT molecular complexity index is 648. The number of rotatable bonds is 4. The zero-order valence-electron chi connectivity index (χ0n) is 11.1. The Morgan fingerprint density at radius 2 is 1.50 bits per heavy atom. The van der Waals surface area contributed by atoms with E-state index in [4.69, 9.17) is 4.74 Å². The summed E-state index contributed by atoms with van der Waals surface area (Å²) in [7, 11) is 0. The molecule has 0 unspecified atom stereocenters. The lowest BCUT2D eigenvalue weighted by Gasteiger charge is -2.07. The summed E-state index contributed by atoms with van der Waals surface area (Å²) in [4.78, 5) is 4.07. The van der Waals surface area contributed by atoms with Crippen LogP contribution in [0.1, 0.15) is 5.56 Å². The average molecular weight is 261 g/mol. The van der Waals surface area contributed by atoms with Crippen LogP contribution in [-0.2, 0) is 6.61 Å². The minimum Gasteiger partial charge on any atom is -0.489 e. The van der Waals surface area contributed by atoms with E-state index in [1.54, 1.807) is 6.20 Å². The van der Waals surface area contributed by atoms with E-state index in [2.05, 4.69) is 29.2 Å². The third-order valence-corrected chi connectivity index (χ3v) is 3.09. The van der Waals surface area contributed by atoms with Gasteiger partial charge < -0.3 is 4.74 Å². The summed E-state index contributed by atoms with van der Waals surface area (Å²) < 4.78 is 5.74. The zero-order valence-corrected chi connectivity index (χ0v) is 11.1. The van der Waals surface area contributed by atoms with E-state index in [0.29, 0.717) is 6.61 Å². The summed E-state index contributed by atoms with van der Waals surface area (Å²) in [6.07, 6.45) is 3.58. The van der Waals surface area contributed by atoms with Crippen molar-refractivity contribution in [3.8, 4) is 16.9 Å². The van der Waals surface area contributed by atoms with Gasteiger partial charge in [-0.3, -0.25) is 4.98 Å². The molecule has 1 heterocycles. The van der Waals surface area contributed by atoms with Crippen LogP contribution < -0.4 is 4.74 Å². The molecule has 0 atom stereocenters. The molecular weight excluding hydrogens is 246 g/mol. The number of hydrogen-bond acceptors (Lipinski definition) is 2. The smallest absolute Gasteiger partial charge is 0.119 e. The van der Waals surface area contributed by atoms with Crippen molar-refractivity contribution in [3.05, 3.63) is 84.7 Å². The minimum absolute atomic E-state index is 0.540. The van der Waals surface area contributed by atoms with Crippen molar-refractivity contribution in [2.24, 2.45) is 0 Å². The van der Waals surface area contributed by atoms with Crippen molar-refractivity contribution < 1.29 is 4.74 Å². The van der Waals surface area contributed by atoms with Gasteiger partial charge in [0.15, 0.2) is 0 Å². The fraction of sp³-hybridized carbons (Fsp3) is 0.0556. The Morgan fingerprint density at radius 3 is 2.20 bits per heavy atom. The highest BCUT2D eigenvalue weighted by Gasteiger charge is 1.99. The molecule has 3 aromatic rings. The number of benzene rings is 2. The highest BCUT2D eigenvalue weighted by molar-refractivity contribution is 5.63. The zero-order chi connectivity index (χ0) is 13.6. The second-order valence-corrected chi connectivity index (χ2v) is 4.54. The van der Waals surface area contributed by atoms with E-state index in [1.165, 1.54) is 11.1 Å². The van der Waals surface area contributed by atoms with Crippen LogP contribution in [0.5, 0.6) is 5.75 Å². The van der Waals surface area contributed by atoms with Gasteiger partial charge in [-0.1, -0.05) is 48.5 Å². The van der Waals surface area contributed by atoms with Gasteiger partial charge in [0.25, 0.3) is 0 Å². The van der Waals surface area contributed by atoms with E-state index < -0.39 is 0 Å². The molecule has 0 radical (unpaired) electrons. The molecule has 2 heteroatoms. The number of nitrogens with zero attached hydrogens (tertiary/aromatic N) is 1. The molecule has 0 bridgehead atoms. The number of ether oxygens (including phenoxy) is 1. The van der Waals surface area contributed by atoms with Gasteiger partial charge in [-0.2, -0.15) is 0 Å². The summed E-state index contributed by atoms with van der Waals surface area (Å²) in [5.74, 6) is 0.869. The van der Waals surface area contributed by atoms with Gasteiger partial charge in [0.1, 0.15) is 12.4 Å².